The molecule has 0 aromatic rings. The van der Waals surface area contributed by atoms with Crippen molar-refractivity contribution in [3.05, 3.63) is 0 Å². The Morgan fingerprint density at radius 3 is 1.30 bits per heavy atom. The fourth-order valence-electron chi connectivity index (χ4n) is 4.45. The van der Waals surface area contributed by atoms with Gasteiger partial charge < -0.3 is 18.9 Å². The molecule has 184 valence electrons. The summed E-state index contributed by atoms with van der Waals surface area (Å²) in [7, 11) is 7.13. The van der Waals surface area contributed by atoms with Crippen molar-refractivity contribution in [3.8, 4) is 0 Å². The van der Waals surface area contributed by atoms with Crippen molar-refractivity contribution in [1.29, 1.82) is 0 Å². The van der Waals surface area contributed by atoms with Crippen molar-refractivity contribution in [2.45, 2.75) is 81.1 Å². The minimum atomic E-state index is 0.166. The molecule has 0 fully saturated rings. The summed E-state index contributed by atoms with van der Waals surface area (Å²) in [5.74, 6) is 2.56. The molecular formula is C26H56O4. The van der Waals surface area contributed by atoms with Gasteiger partial charge >= 0.3 is 0 Å². The maximum absolute atomic E-state index is 5.41. The van der Waals surface area contributed by atoms with Crippen LogP contribution in [0.5, 0.6) is 0 Å². The SMILES string of the molecule is CCCC(C)C(COC)(COC)C(C)C.COCC(CCC(C)C)(COC)C(C)C. The third-order valence-electron chi connectivity index (χ3n) is 6.99. The van der Waals surface area contributed by atoms with E-state index < -0.39 is 0 Å². The van der Waals surface area contributed by atoms with Gasteiger partial charge in [0.15, 0.2) is 0 Å². The van der Waals surface area contributed by atoms with Crippen molar-refractivity contribution < 1.29 is 18.9 Å². The minimum absolute atomic E-state index is 0.166. The molecule has 0 rings (SSSR count). The Morgan fingerprint density at radius 2 is 1.03 bits per heavy atom. The van der Waals surface area contributed by atoms with Gasteiger partial charge in [-0.15, -0.1) is 0 Å². The van der Waals surface area contributed by atoms with Crippen LogP contribution in [-0.2, 0) is 18.9 Å². The summed E-state index contributed by atoms with van der Waals surface area (Å²) in [6.07, 6.45) is 4.89. The van der Waals surface area contributed by atoms with Gasteiger partial charge in [0.2, 0.25) is 0 Å². The average Bonchev–Trinajstić information content (AvgIpc) is 2.66. The molecule has 0 spiro atoms. The first-order valence-corrected chi connectivity index (χ1v) is 12.0. The van der Waals surface area contributed by atoms with Crippen LogP contribution < -0.4 is 0 Å². The highest BCUT2D eigenvalue weighted by Gasteiger charge is 2.39. The monoisotopic (exact) mass is 432 g/mol. The number of hydrogen-bond acceptors (Lipinski definition) is 4. The molecule has 1 atom stereocenters. The predicted octanol–water partition coefficient (Wildman–Crippen LogP) is 6.72. The topological polar surface area (TPSA) is 36.9 Å². The van der Waals surface area contributed by atoms with E-state index in [0.717, 1.165) is 32.3 Å². The number of methoxy groups -OCH3 is 4. The summed E-state index contributed by atoms with van der Waals surface area (Å²) in [6.45, 7) is 21.3. The number of rotatable bonds is 16. The second kappa shape index (κ2) is 17.4. The standard InChI is InChI=1S/2C13H28O2/c1-11(2)7-8-13(9-14-5,10-15-6)12(3)4;1-7-8-12(4)13(9-14-5,10-15-6)11(2)3/h2*11-12H,7-10H2,1-6H3. The van der Waals surface area contributed by atoms with E-state index in [0.29, 0.717) is 17.8 Å². The van der Waals surface area contributed by atoms with Gasteiger partial charge in [-0.1, -0.05) is 74.7 Å². The highest BCUT2D eigenvalue weighted by atomic mass is 16.5. The average molecular weight is 433 g/mol. The largest absolute Gasteiger partial charge is 0.384 e. The Kier molecular flexibility index (Phi) is 18.6. The zero-order valence-electron chi connectivity index (χ0n) is 22.6. The molecule has 0 aliphatic carbocycles. The van der Waals surface area contributed by atoms with E-state index in [-0.39, 0.29) is 10.8 Å². The number of hydrogen-bond donors (Lipinski definition) is 0. The van der Waals surface area contributed by atoms with Crippen LogP contribution in [0, 0.1) is 34.5 Å². The Bertz CT molecular complexity index is 367. The Morgan fingerprint density at radius 1 is 0.600 bits per heavy atom. The van der Waals surface area contributed by atoms with E-state index in [1.165, 1.54) is 25.7 Å². The second-order valence-electron chi connectivity index (χ2n) is 10.3. The lowest BCUT2D eigenvalue weighted by Gasteiger charge is -2.41. The molecule has 0 bridgehead atoms. The van der Waals surface area contributed by atoms with Gasteiger partial charge in [-0.25, -0.2) is 0 Å². The molecule has 0 amide bonds. The van der Waals surface area contributed by atoms with Crippen LogP contribution in [0.2, 0.25) is 0 Å². The van der Waals surface area contributed by atoms with E-state index in [2.05, 4.69) is 55.4 Å². The maximum atomic E-state index is 5.41. The van der Waals surface area contributed by atoms with Gasteiger partial charge in [0.1, 0.15) is 0 Å². The molecule has 0 aromatic carbocycles. The quantitative estimate of drug-likeness (QED) is 0.271. The van der Waals surface area contributed by atoms with Gasteiger partial charge in [0.25, 0.3) is 0 Å². The smallest absolute Gasteiger partial charge is 0.0545 e. The Balaban J connectivity index is 0. The van der Waals surface area contributed by atoms with Crippen LogP contribution in [0.25, 0.3) is 0 Å². The van der Waals surface area contributed by atoms with Crippen LogP contribution in [0.1, 0.15) is 81.1 Å². The van der Waals surface area contributed by atoms with Gasteiger partial charge in [-0.3, -0.25) is 0 Å². The lowest BCUT2D eigenvalue weighted by molar-refractivity contribution is -0.0585. The van der Waals surface area contributed by atoms with Crippen molar-refractivity contribution in [3.63, 3.8) is 0 Å². The Hall–Kier alpha value is -0.160. The molecule has 0 saturated carbocycles. The fourth-order valence-corrected chi connectivity index (χ4v) is 4.45. The molecule has 30 heavy (non-hydrogen) atoms. The number of ether oxygens (including phenoxy) is 4. The zero-order valence-corrected chi connectivity index (χ0v) is 22.6. The van der Waals surface area contributed by atoms with Crippen LogP contribution in [0.15, 0.2) is 0 Å². The summed E-state index contributed by atoms with van der Waals surface area (Å²) >= 11 is 0. The molecule has 0 aliphatic heterocycles. The van der Waals surface area contributed by atoms with E-state index in [1.54, 1.807) is 28.4 Å². The summed E-state index contributed by atoms with van der Waals surface area (Å²) in [4.78, 5) is 0. The van der Waals surface area contributed by atoms with Crippen LogP contribution >= 0.6 is 0 Å². The molecule has 0 saturated heterocycles. The highest BCUT2D eigenvalue weighted by molar-refractivity contribution is 4.87. The normalized spacial score (nSPS) is 13.7. The van der Waals surface area contributed by atoms with Crippen molar-refractivity contribution in [2.24, 2.45) is 34.5 Å². The molecular weight excluding hydrogens is 376 g/mol. The third kappa shape index (κ3) is 10.9. The van der Waals surface area contributed by atoms with Gasteiger partial charge in [0.05, 0.1) is 26.4 Å². The minimum Gasteiger partial charge on any atom is -0.384 e. The first kappa shape index (κ1) is 32.0. The molecule has 1 unspecified atom stereocenters. The summed E-state index contributed by atoms with van der Waals surface area (Å²) in [5, 5.41) is 0. The first-order chi connectivity index (χ1) is 14.0. The summed E-state index contributed by atoms with van der Waals surface area (Å²) < 4.78 is 21.6. The first-order valence-electron chi connectivity index (χ1n) is 12.0. The summed E-state index contributed by atoms with van der Waals surface area (Å²) in [5.41, 5.74) is 0.354. The molecule has 0 aliphatic rings. The van der Waals surface area contributed by atoms with Crippen LogP contribution in [0.4, 0.5) is 0 Å². The molecule has 4 heteroatoms. The molecule has 0 heterocycles. The maximum Gasteiger partial charge on any atom is 0.0545 e. The zero-order chi connectivity index (χ0) is 23.8. The van der Waals surface area contributed by atoms with Crippen molar-refractivity contribution in [2.75, 3.05) is 54.9 Å². The van der Waals surface area contributed by atoms with E-state index in [4.69, 9.17) is 18.9 Å². The summed E-state index contributed by atoms with van der Waals surface area (Å²) in [6, 6.07) is 0. The lowest BCUT2D eigenvalue weighted by Crippen LogP contribution is -2.42. The lowest BCUT2D eigenvalue weighted by atomic mass is 9.68. The van der Waals surface area contributed by atoms with Crippen LogP contribution in [0.3, 0.4) is 0 Å². The van der Waals surface area contributed by atoms with E-state index in [1.807, 2.05) is 0 Å². The molecule has 0 N–H and O–H groups in total. The second-order valence-corrected chi connectivity index (χ2v) is 10.3. The van der Waals surface area contributed by atoms with E-state index in [9.17, 15) is 0 Å². The van der Waals surface area contributed by atoms with Crippen LogP contribution in [-0.4, -0.2) is 54.9 Å². The van der Waals surface area contributed by atoms with Gasteiger partial charge in [0, 0.05) is 39.3 Å². The Labute approximate surface area is 189 Å². The molecule has 0 radical (unpaired) electrons. The van der Waals surface area contributed by atoms with E-state index >= 15 is 0 Å². The molecule has 4 nitrogen and oxygen atoms in total. The van der Waals surface area contributed by atoms with Gasteiger partial charge in [-0.2, -0.15) is 0 Å². The van der Waals surface area contributed by atoms with Crippen molar-refractivity contribution >= 4 is 0 Å². The fraction of sp³-hybridized carbons (Fsp3) is 1.00. The molecule has 0 aromatic heterocycles. The predicted molar refractivity (Wildman–Crippen MR) is 130 cm³/mol. The third-order valence-corrected chi connectivity index (χ3v) is 6.99. The van der Waals surface area contributed by atoms with Crippen molar-refractivity contribution in [1.82, 2.24) is 0 Å². The highest BCUT2D eigenvalue weighted by Crippen LogP contribution is 2.39. The van der Waals surface area contributed by atoms with Gasteiger partial charge in [-0.05, 0) is 30.1 Å².